The normalized spacial score (nSPS) is 17.1. The van der Waals surface area contributed by atoms with Crippen LogP contribution in [0, 0.1) is 5.92 Å². The molecule has 0 spiro atoms. The van der Waals surface area contributed by atoms with Gasteiger partial charge < -0.3 is 10.4 Å². The maximum atomic E-state index is 9.88. The van der Waals surface area contributed by atoms with E-state index in [0.29, 0.717) is 5.92 Å². The summed E-state index contributed by atoms with van der Waals surface area (Å²) in [5.41, 5.74) is 1.62. The Labute approximate surface area is 139 Å². The van der Waals surface area contributed by atoms with Crippen LogP contribution in [0.3, 0.4) is 0 Å². The van der Waals surface area contributed by atoms with E-state index in [1.165, 1.54) is 0 Å². The van der Waals surface area contributed by atoms with Crippen LogP contribution < -0.4 is 5.32 Å². The highest BCUT2D eigenvalue weighted by Crippen LogP contribution is 2.41. The van der Waals surface area contributed by atoms with Crippen molar-refractivity contribution in [3.05, 3.63) is 41.1 Å². The molecule has 4 rings (SSSR count). The second-order valence-electron chi connectivity index (χ2n) is 6.40. The zero-order valence-electron chi connectivity index (χ0n) is 13.0. The smallest absolute Gasteiger partial charge is 0.162 e. The number of fused-ring (bicyclic) bond motifs is 1. The Hall–Kier alpha value is -1.98. The number of rotatable bonds is 5. The topological polar surface area (TPSA) is 58.0 Å². The predicted octanol–water partition coefficient (Wildman–Crippen LogP) is 3.93. The minimum absolute atomic E-state index is 0.101. The number of benzene rings is 1. The number of thiophene rings is 1. The van der Waals surface area contributed by atoms with Gasteiger partial charge >= 0.3 is 0 Å². The summed E-state index contributed by atoms with van der Waals surface area (Å²) in [5.74, 6) is 2.04. The third-order valence-electron chi connectivity index (χ3n) is 4.59. The van der Waals surface area contributed by atoms with Gasteiger partial charge in [-0.15, -0.1) is 0 Å². The summed E-state index contributed by atoms with van der Waals surface area (Å²) >= 11 is 1.64. The fourth-order valence-corrected chi connectivity index (χ4v) is 3.59. The van der Waals surface area contributed by atoms with Crippen LogP contribution in [0.2, 0.25) is 0 Å². The zero-order valence-corrected chi connectivity index (χ0v) is 13.8. The molecule has 2 heterocycles. The number of nitrogens with zero attached hydrogens (tertiary/aromatic N) is 2. The van der Waals surface area contributed by atoms with Gasteiger partial charge in [-0.2, -0.15) is 11.3 Å². The standard InChI is InChI=1S/C18H19N3OS/c1-18(11-22,13-6-7-13)21-17-14-4-2-3-5-15(14)19-16(20-17)12-8-9-23-10-12/h2-5,8-10,13,22H,6-7,11H2,1H3,(H,19,20,21). The van der Waals surface area contributed by atoms with Crippen molar-refractivity contribution in [2.24, 2.45) is 5.92 Å². The first-order valence-corrected chi connectivity index (χ1v) is 8.82. The first-order chi connectivity index (χ1) is 11.2. The van der Waals surface area contributed by atoms with Gasteiger partial charge in [0.2, 0.25) is 0 Å². The summed E-state index contributed by atoms with van der Waals surface area (Å²) in [6, 6.07) is 10.0. The van der Waals surface area contributed by atoms with E-state index in [1.54, 1.807) is 11.3 Å². The fourth-order valence-electron chi connectivity index (χ4n) is 2.95. The molecule has 3 aromatic rings. The van der Waals surface area contributed by atoms with Crippen LogP contribution in [0.15, 0.2) is 41.1 Å². The van der Waals surface area contributed by atoms with Crippen LogP contribution in [-0.2, 0) is 0 Å². The molecule has 118 valence electrons. The number of anilines is 1. The number of aliphatic hydroxyl groups is 1. The average Bonchev–Trinajstić information content (AvgIpc) is 3.30. The maximum Gasteiger partial charge on any atom is 0.162 e. The predicted molar refractivity (Wildman–Crippen MR) is 94.7 cm³/mol. The largest absolute Gasteiger partial charge is 0.394 e. The summed E-state index contributed by atoms with van der Waals surface area (Å²) < 4.78 is 0. The Morgan fingerprint density at radius 2 is 2.09 bits per heavy atom. The van der Waals surface area contributed by atoms with Gasteiger partial charge in [-0.3, -0.25) is 0 Å². The molecule has 1 atom stereocenters. The van der Waals surface area contributed by atoms with E-state index >= 15 is 0 Å². The molecular formula is C18H19N3OS. The van der Waals surface area contributed by atoms with Crippen molar-refractivity contribution in [2.45, 2.75) is 25.3 Å². The van der Waals surface area contributed by atoms with Gasteiger partial charge in [-0.1, -0.05) is 12.1 Å². The number of hydrogen-bond donors (Lipinski definition) is 2. The lowest BCUT2D eigenvalue weighted by atomic mass is 9.96. The van der Waals surface area contributed by atoms with Gasteiger partial charge in [-0.05, 0) is 49.3 Å². The molecule has 1 unspecified atom stereocenters. The second kappa shape index (κ2) is 5.58. The number of para-hydroxylation sites is 1. The van der Waals surface area contributed by atoms with E-state index in [1.807, 2.05) is 35.7 Å². The monoisotopic (exact) mass is 325 g/mol. The molecule has 1 aliphatic rings. The molecule has 1 aliphatic carbocycles. The van der Waals surface area contributed by atoms with E-state index in [4.69, 9.17) is 4.98 Å². The van der Waals surface area contributed by atoms with Crippen molar-refractivity contribution >= 4 is 28.1 Å². The third-order valence-corrected chi connectivity index (χ3v) is 5.28. The molecule has 0 aliphatic heterocycles. The molecule has 4 nitrogen and oxygen atoms in total. The maximum absolute atomic E-state index is 9.88. The Morgan fingerprint density at radius 3 is 2.78 bits per heavy atom. The summed E-state index contributed by atoms with van der Waals surface area (Å²) in [7, 11) is 0. The van der Waals surface area contributed by atoms with E-state index in [2.05, 4.69) is 22.6 Å². The molecule has 2 N–H and O–H groups in total. The highest BCUT2D eigenvalue weighted by molar-refractivity contribution is 7.08. The fraction of sp³-hybridized carbons (Fsp3) is 0.333. The number of nitrogens with one attached hydrogen (secondary N) is 1. The molecule has 1 saturated carbocycles. The Bertz CT molecular complexity index is 829. The van der Waals surface area contributed by atoms with Gasteiger partial charge in [0.15, 0.2) is 5.82 Å². The molecule has 1 fully saturated rings. The van der Waals surface area contributed by atoms with E-state index in [0.717, 1.165) is 41.0 Å². The molecule has 2 aromatic heterocycles. The second-order valence-corrected chi connectivity index (χ2v) is 7.18. The molecule has 0 radical (unpaired) electrons. The van der Waals surface area contributed by atoms with Gasteiger partial charge in [0, 0.05) is 16.3 Å². The van der Waals surface area contributed by atoms with E-state index < -0.39 is 0 Å². The van der Waals surface area contributed by atoms with Crippen LogP contribution in [-0.4, -0.2) is 27.2 Å². The first kappa shape index (κ1) is 14.6. The molecule has 0 bridgehead atoms. The van der Waals surface area contributed by atoms with Gasteiger partial charge in [0.25, 0.3) is 0 Å². The summed E-state index contributed by atoms with van der Waals surface area (Å²) in [4.78, 5) is 9.45. The van der Waals surface area contributed by atoms with Crippen molar-refractivity contribution in [3.8, 4) is 11.4 Å². The van der Waals surface area contributed by atoms with Crippen LogP contribution in [0.25, 0.3) is 22.3 Å². The van der Waals surface area contributed by atoms with Gasteiger partial charge in [0.05, 0.1) is 17.7 Å². The highest BCUT2D eigenvalue weighted by atomic mass is 32.1. The van der Waals surface area contributed by atoms with Gasteiger partial charge in [-0.25, -0.2) is 9.97 Å². The van der Waals surface area contributed by atoms with Gasteiger partial charge in [0.1, 0.15) is 5.82 Å². The van der Waals surface area contributed by atoms with Crippen molar-refractivity contribution in [3.63, 3.8) is 0 Å². The molecule has 1 aromatic carbocycles. The molecule has 0 saturated heterocycles. The van der Waals surface area contributed by atoms with Crippen molar-refractivity contribution in [1.29, 1.82) is 0 Å². The quantitative estimate of drug-likeness (QED) is 0.746. The highest BCUT2D eigenvalue weighted by Gasteiger charge is 2.41. The Morgan fingerprint density at radius 1 is 1.26 bits per heavy atom. The van der Waals surface area contributed by atoms with Crippen LogP contribution in [0.4, 0.5) is 5.82 Å². The lowest BCUT2D eigenvalue weighted by Gasteiger charge is -2.30. The minimum atomic E-state index is -0.330. The lowest BCUT2D eigenvalue weighted by molar-refractivity contribution is 0.206. The zero-order chi connectivity index (χ0) is 15.9. The van der Waals surface area contributed by atoms with Crippen LogP contribution >= 0.6 is 11.3 Å². The van der Waals surface area contributed by atoms with Crippen molar-refractivity contribution in [2.75, 3.05) is 11.9 Å². The summed E-state index contributed by atoms with van der Waals surface area (Å²) in [6.07, 6.45) is 2.31. The minimum Gasteiger partial charge on any atom is -0.394 e. The molecule has 0 amide bonds. The Balaban J connectivity index is 1.83. The Kier molecular flexibility index (Phi) is 3.54. The number of aromatic nitrogens is 2. The van der Waals surface area contributed by atoms with Crippen molar-refractivity contribution in [1.82, 2.24) is 9.97 Å². The van der Waals surface area contributed by atoms with E-state index in [9.17, 15) is 5.11 Å². The SMILES string of the molecule is CC(CO)(Nc1nc(-c2ccsc2)nc2ccccc12)C1CC1. The van der Waals surface area contributed by atoms with E-state index in [-0.39, 0.29) is 12.1 Å². The summed E-state index contributed by atoms with van der Waals surface area (Å²) in [6.45, 7) is 2.18. The molecule has 5 heteroatoms. The molecular weight excluding hydrogens is 306 g/mol. The molecule has 23 heavy (non-hydrogen) atoms. The van der Waals surface area contributed by atoms with Crippen LogP contribution in [0.1, 0.15) is 19.8 Å². The number of aliphatic hydroxyl groups excluding tert-OH is 1. The third kappa shape index (κ3) is 2.71. The van der Waals surface area contributed by atoms with Crippen molar-refractivity contribution < 1.29 is 5.11 Å². The van der Waals surface area contributed by atoms with Crippen LogP contribution in [0.5, 0.6) is 0 Å². The first-order valence-electron chi connectivity index (χ1n) is 7.88. The summed E-state index contributed by atoms with van der Waals surface area (Å²) in [5, 5.41) is 18.5. The number of hydrogen-bond acceptors (Lipinski definition) is 5. The lowest BCUT2D eigenvalue weighted by Crippen LogP contribution is -2.41. The average molecular weight is 325 g/mol.